The van der Waals surface area contributed by atoms with Crippen LogP contribution >= 0.6 is 0 Å². The summed E-state index contributed by atoms with van der Waals surface area (Å²) in [5, 5.41) is 12.7. The lowest BCUT2D eigenvalue weighted by molar-refractivity contribution is 0.189. The Hall–Kier alpha value is -0.520. The minimum absolute atomic E-state index is 0.0163. The summed E-state index contributed by atoms with van der Waals surface area (Å²) in [6.45, 7) is 1.30. The van der Waals surface area contributed by atoms with Crippen molar-refractivity contribution >= 4 is 0 Å². The first-order chi connectivity index (χ1) is 3.91. The molecule has 0 aromatic carbocycles. The molecule has 2 heteroatoms. The Bertz CT molecular complexity index is 75.1. The number of hydrogen-bond donors (Lipinski definition) is 1. The Morgan fingerprint density at radius 3 is 2.88 bits per heavy atom. The summed E-state index contributed by atoms with van der Waals surface area (Å²) in [6, 6.07) is 0. The molecule has 0 aliphatic rings. The van der Waals surface area contributed by atoms with Crippen molar-refractivity contribution in [3.8, 4) is 12.3 Å². The van der Waals surface area contributed by atoms with Gasteiger partial charge in [-0.25, -0.2) is 5.11 Å². The Balaban J connectivity index is 2.65. The van der Waals surface area contributed by atoms with Gasteiger partial charge in [0, 0.05) is 0 Å². The van der Waals surface area contributed by atoms with E-state index >= 15 is 0 Å². The van der Waals surface area contributed by atoms with Crippen LogP contribution in [0.5, 0.6) is 0 Å². The van der Waals surface area contributed by atoms with Crippen LogP contribution in [0.15, 0.2) is 0 Å². The van der Waals surface area contributed by atoms with Gasteiger partial charge in [-0.1, -0.05) is 5.92 Å². The highest BCUT2D eigenvalue weighted by Gasteiger charge is 1.80. The van der Waals surface area contributed by atoms with Crippen LogP contribution in [0.1, 0.15) is 6.42 Å². The molecule has 0 aromatic rings. The first-order valence-electron chi connectivity index (χ1n) is 2.64. The Morgan fingerprint density at radius 2 is 2.38 bits per heavy atom. The maximum absolute atomic E-state index is 9.80. The maximum atomic E-state index is 9.80. The van der Waals surface area contributed by atoms with Crippen molar-refractivity contribution in [2.24, 2.45) is 0 Å². The summed E-state index contributed by atoms with van der Waals surface area (Å²) in [5.74, 6) is 2.41. The average Bonchev–Trinajstić information content (AvgIpc) is 1.81. The minimum Gasteiger partial charge on any atom is -0.306 e. The smallest absolute Gasteiger partial charge is 0.0834 e. The lowest BCUT2D eigenvalue weighted by Crippen LogP contribution is -2.15. The standard InChI is InChI=1S/C6H10NO/c1-2-4-7-5-3-6-8/h1,7H,3-6H2. The third-order valence-corrected chi connectivity index (χ3v) is 0.725. The highest BCUT2D eigenvalue weighted by atomic mass is 16.3. The molecular weight excluding hydrogens is 102 g/mol. The summed E-state index contributed by atoms with van der Waals surface area (Å²) in [7, 11) is 0. The molecule has 0 amide bonds. The molecule has 0 fully saturated rings. The van der Waals surface area contributed by atoms with Crippen LogP contribution < -0.4 is 5.32 Å². The van der Waals surface area contributed by atoms with E-state index < -0.39 is 0 Å². The number of hydrogen-bond acceptors (Lipinski definition) is 1. The molecule has 45 valence electrons. The van der Waals surface area contributed by atoms with Crippen LogP contribution in [0.25, 0.3) is 0 Å². The van der Waals surface area contributed by atoms with E-state index in [9.17, 15) is 5.11 Å². The second-order valence-corrected chi connectivity index (χ2v) is 1.44. The van der Waals surface area contributed by atoms with Gasteiger partial charge < -0.3 is 5.32 Å². The zero-order valence-electron chi connectivity index (χ0n) is 4.81. The molecule has 0 aliphatic heterocycles. The monoisotopic (exact) mass is 112 g/mol. The van der Waals surface area contributed by atoms with Gasteiger partial charge in [0.05, 0.1) is 13.2 Å². The first kappa shape index (κ1) is 7.48. The van der Waals surface area contributed by atoms with Crippen molar-refractivity contribution in [1.82, 2.24) is 5.32 Å². The van der Waals surface area contributed by atoms with Gasteiger partial charge in [-0.3, -0.25) is 0 Å². The van der Waals surface area contributed by atoms with Gasteiger partial charge in [0.2, 0.25) is 0 Å². The van der Waals surface area contributed by atoms with Crippen LogP contribution in [0, 0.1) is 12.3 Å². The van der Waals surface area contributed by atoms with E-state index in [0.717, 1.165) is 6.54 Å². The van der Waals surface area contributed by atoms with Gasteiger partial charge >= 0.3 is 0 Å². The molecule has 0 rings (SSSR count). The summed E-state index contributed by atoms with van der Waals surface area (Å²) < 4.78 is 0. The summed E-state index contributed by atoms with van der Waals surface area (Å²) in [5.41, 5.74) is 0. The second kappa shape index (κ2) is 6.48. The fourth-order valence-corrected chi connectivity index (χ4v) is 0.358. The molecule has 0 atom stereocenters. The Morgan fingerprint density at radius 1 is 1.62 bits per heavy atom. The third-order valence-electron chi connectivity index (χ3n) is 0.725. The van der Waals surface area contributed by atoms with E-state index in [1.54, 1.807) is 0 Å². The first-order valence-corrected chi connectivity index (χ1v) is 2.64. The highest BCUT2D eigenvalue weighted by molar-refractivity contribution is 4.86. The van der Waals surface area contributed by atoms with E-state index in [-0.39, 0.29) is 6.61 Å². The van der Waals surface area contributed by atoms with Crippen molar-refractivity contribution in [1.29, 1.82) is 0 Å². The van der Waals surface area contributed by atoms with E-state index in [1.807, 2.05) is 0 Å². The van der Waals surface area contributed by atoms with Crippen molar-refractivity contribution in [2.75, 3.05) is 19.7 Å². The zero-order chi connectivity index (χ0) is 6.24. The molecule has 0 aliphatic carbocycles. The molecule has 0 unspecified atom stereocenters. The predicted octanol–water partition coefficient (Wildman–Crippen LogP) is 0.0298. The van der Waals surface area contributed by atoms with Crippen LogP contribution in [0.4, 0.5) is 0 Å². The SMILES string of the molecule is C#CCNCCC[O]. The van der Waals surface area contributed by atoms with Gasteiger partial charge in [0.15, 0.2) is 0 Å². The fraction of sp³-hybridized carbons (Fsp3) is 0.667. The van der Waals surface area contributed by atoms with Crippen molar-refractivity contribution in [3.63, 3.8) is 0 Å². The molecular formula is C6H10NO. The quantitative estimate of drug-likeness (QED) is 0.404. The van der Waals surface area contributed by atoms with Crippen molar-refractivity contribution < 1.29 is 5.11 Å². The zero-order valence-corrected chi connectivity index (χ0v) is 4.81. The number of terminal acetylenes is 1. The van der Waals surface area contributed by atoms with Crippen LogP contribution in [0.3, 0.4) is 0 Å². The maximum Gasteiger partial charge on any atom is 0.0834 e. The number of nitrogens with one attached hydrogen (secondary N) is 1. The molecule has 0 saturated heterocycles. The topological polar surface area (TPSA) is 31.9 Å². The van der Waals surface area contributed by atoms with E-state index in [1.165, 1.54) is 0 Å². The van der Waals surface area contributed by atoms with Gasteiger partial charge in [-0.2, -0.15) is 0 Å². The molecule has 2 nitrogen and oxygen atoms in total. The molecule has 1 N–H and O–H groups in total. The summed E-state index contributed by atoms with van der Waals surface area (Å²) >= 11 is 0. The van der Waals surface area contributed by atoms with Gasteiger partial charge in [0.1, 0.15) is 0 Å². The van der Waals surface area contributed by atoms with Gasteiger partial charge in [-0.05, 0) is 13.0 Å². The number of rotatable bonds is 4. The lowest BCUT2D eigenvalue weighted by atomic mass is 10.4. The van der Waals surface area contributed by atoms with Gasteiger partial charge in [0.25, 0.3) is 0 Å². The molecule has 8 heavy (non-hydrogen) atoms. The van der Waals surface area contributed by atoms with Crippen LogP contribution in [-0.4, -0.2) is 19.7 Å². The van der Waals surface area contributed by atoms with Gasteiger partial charge in [-0.15, -0.1) is 6.42 Å². The van der Waals surface area contributed by atoms with E-state index in [4.69, 9.17) is 6.42 Å². The van der Waals surface area contributed by atoms with E-state index in [0.29, 0.717) is 13.0 Å². The molecule has 0 saturated carbocycles. The molecule has 0 heterocycles. The molecule has 0 spiro atoms. The summed E-state index contributed by atoms with van der Waals surface area (Å²) in [4.78, 5) is 0. The van der Waals surface area contributed by atoms with Crippen molar-refractivity contribution in [3.05, 3.63) is 0 Å². The lowest BCUT2D eigenvalue weighted by Gasteiger charge is -1.93. The predicted molar refractivity (Wildman–Crippen MR) is 31.9 cm³/mol. The normalized spacial score (nSPS) is 8.50. The Kier molecular flexibility index (Phi) is 6.06. The minimum atomic E-state index is -0.0163. The van der Waals surface area contributed by atoms with Crippen molar-refractivity contribution in [2.45, 2.75) is 6.42 Å². The summed E-state index contributed by atoms with van der Waals surface area (Å²) in [6.07, 6.45) is 5.59. The van der Waals surface area contributed by atoms with E-state index in [2.05, 4.69) is 11.2 Å². The Labute approximate surface area is 49.9 Å². The third kappa shape index (κ3) is 5.48. The highest BCUT2D eigenvalue weighted by Crippen LogP contribution is 1.69. The fourth-order valence-electron chi connectivity index (χ4n) is 0.358. The van der Waals surface area contributed by atoms with Crippen LogP contribution in [-0.2, 0) is 5.11 Å². The largest absolute Gasteiger partial charge is 0.306 e. The average molecular weight is 112 g/mol. The molecule has 0 bridgehead atoms. The molecule has 0 aromatic heterocycles. The van der Waals surface area contributed by atoms with Crippen LogP contribution in [0.2, 0.25) is 0 Å². The second-order valence-electron chi connectivity index (χ2n) is 1.44. The molecule has 1 radical (unpaired) electrons.